The van der Waals surface area contributed by atoms with Crippen molar-refractivity contribution >= 4 is 0 Å². The van der Waals surface area contributed by atoms with Gasteiger partial charge in [0.25, 0.3) is 0 Å². The van der Waals surface area contributed by atoms with Crippen LogP contribution in [0.15, 0.2) is 12.1 Å². The van der Waals surface area contributed by atoms with Crippen molar-refractivity contribution in [3.8, 4) is 5.75 Å². The predicted octanol–water partition coefficient (Wildman–Crippen LogP) is 5.39. The molecule has 107 valence electrons. The molecule has 1 nitrogen and oxygen atoms in total. The van der Waals surface area contributed by atoms with Gasteiger partial charge in [-0.15, -0.1) is 0 Å². The van der Waals surface area contributed by atoms with Gasteiger partial charge in [0.15, 0.2) is 0 Å². The SMILES string of the molecule is CCCCCCCCc1c[c]c(C(C)(C)C)cc1O. The molecule has 0 fully saturated rings. The van der Waals surface area contributed by atoms with Gasteiger partial charge < -0.3 is 5.11 Å². The molecule has 1 heteroatoms. The van der Waals surface area contributed by atoms with E-state index >= 15 is 0 Å². The summed E-state index contributed by atoms with van der Waals surface area (Å²) in [5, 5.41) is 10.1. The van der Waals surface area contributed by atoms with Crippen LogP contribution in [0.25, 0.3) is 0 Å². The Morgan fingerprint density at radius 1 is 1.05 bits per heavy atom. The minimum absolute atomic E-state index is 0.0517. The molecule has 0 bridgehead atoms. The van der Waals surface area contributed by atoms with Gasteiger partial charge >= 0.3 is 0 Å². The summed E-state index contributed by atoms with van der Waals surface area (Å²) in [5.74, 6) is 0.442. The average molecular weight is 261 g/mol. The summed E-state index contributed by atoms with van der Waals surface area (Å²) in [7, 11) is 0. The van der Waals surface area contributed by atoms with Crippen LogP contribution < -0.4 is 0 Å². The topological polar surface area (TPSA) is 20.2 Å². The second-order valence-electron chi connectivity index (χ2n) is 6.52. The summed E-state index contributed by atoms with van der Waals surface area (Å²) in [6, 6.07) is 7.17. The molecule has 0 amide bonds. The quantitative estimate of drug-likeness (QED) is 0.652. The lowest BCUT2D eigenvalue weighted by molar-refractivity contribution is 0.461. The third-order valence-electron chi connectivity index (χ3n) is 3.62. The molecule has 0 aliphatic heterocycles. The molecular weight excluding hydrogens is 232 g/mol. The Kier molecular flexibility index (Phi) is 6.41. The number of hydrogen-bond acceptors (Lipinski definition) is 1. The number of rotatable bonds is 7. The van der Waals surface area contributed by atoms with Crippen LogP contribution in [0.4, 0.5) is 0 Å². The Morgan fingerprint density at radius 2 is 1.68 bits per heavy atom. The monoisotopic (exact) mass is 261 g/mol. The number of phenols is 1. The van der Waals surface area contributed by atoms with Crippen LogP contribution in [0.1, 0.15) is 77.3 Å². The lowest BCUT2D eigenvalue weighted by Crippen LogP contribution is -2.11. The maximum absolute atomic E-state index is 10.1. The Labute approximate surface area is 119 Å². The number of benzene rings is 1. The molecule has 0 aliphatic carbocycles. The molecule has 0 aromatic heterocycles. The highest BCUT2D eigenvalue weighted by Crippen LogP contribution is 2.28. The van der Waals surface area contributed by atoms with Crippen molar-refractivity contribution in [2.45, 2.75) is 78.1 Å². The van der Waals surface area contributed by atoms with Gasteiger partial charge in [-0.05, 0) is 47.6 Å². The van der Waals surface area contributed by atoms with Crippen LogP contribution in [0.5, 0.6) is 5.75 Å². The molecule has 0 unspecified atom stereocenters. The number of phenolic OH excluding ortho intramolecular Hbond substituents is 1. The fraction of sp³-hybridized carbons (Fsp3) is 0.667. The van der Waals surface area contributed by atoms with Crippen LogP contribution in [0.2, 0.25) is 0 Å². The van der Waals surface area contributed by atoms with E-state index in [2.05, 4.69) is 33.8 Å². The summed E-state index contributed by atoms with van der Waals surface area (Å²) in [4.78, 5) is 0. The third kappa shape index (κ3) is 5.67. The molecule has 1 rings (SSSR count). The van der Waals surface area contributed by atoms with Gasteiger partial charge in [0.2, 0.25) is 0 Å². The summed E-state index contributed by atoms with van der Waals surface area (Å²) in [6.07, 6.45) is 8.71. The van der Waals surface area contributed by atoms with Gasteiger partial charge in [-0.1, -0.05) is 59.8 Å². The fourth-order valence-electron chi connectivity index (χ4n) is 2.24. The van der Waals surface area contributed by atoms with Gasteiger partial charge in [-0.2, -0.15) is 0 Å². The zero-order chi connectivity index (χ0) is 14.3. The first-order valence-electron chi connectivity index (χ1n) is 7.69. The summed E-state index contributed by atoms with van der Waals surface area (Å²) < 4.78 is 0. The molecule has 19 heavy (non-hydrogen) atoms. The van der Waals surface area contributed by atoms with E-state index < -0.39 is 0 Å². The highest BCUT2D eigenvalue weighted by atomic mass is 16.3. The van der Waals surface area contributed by atoms with E-state index in [1.54, 1.807) is 0 Å². The molecule has 0 spiro atoms. The lowest BCUT2D eigenvalue weighted by atomic mass is 9.86. The first-order chi connectivity index (χ1) is 8.95. The van der Waals surface area contributed by atoms with Crippen molar-refractivity contribution < 1.29 is 5.11 Å². The van der Waals surface area contributed by atoms with Crippen LogP contribution in [-0.2, 0) is 11.8 Å². The van der Waals surface area contributed by atoms with Gasteiger partial charge in [-0.25, -0.2) is 0 Å². The normalized spacial score (nSPS) is 11.8. The minimum Gasteiger partial charge on any atom is -0.508 e. The van der Waals surface area contributed by atoms with Crippen molar-refractivity contribution in [2.75, 3.05) is 0 Å². The highest BCUT2D eigenvalue weighted by Gasteiger charge is 2.15. The molecule has 0 aliphatic rings. The smallest absolute Gasteiger partial charge is 0.119 e. The van der Waals surface area contributed by atoms with E-state index in [4.69, 9.17) is 0 Å². The minimum atomic E-state index is 0.0517. The molecule has 0 heterocycles. The Bertz CT molecular complexity index is 374. The molecular formula is C18H29O. The highest BCUT2D eigenvalue weighted by molar-refractivity contribution is 5.38. The molecule has 0 atom stereocenters. The zero-order valence-corrected chi connectivity index (χ0v) is 13.1. The summed E-state index contributed by atoms with van der Waals surface area (Å²) in [5.41, 5.74) is 2.18. The van der Waals surface area contributed by atoms with Crippen LogP contribution in [0, 0.1) is 6.07 Å². The number of unbranched alkanes of at least 4 members (excludes halogenated alkanes) is 5. The van der Waals surface area contributed by atoms with Crippen molar-refractivity contribution in [2.24, 2.45) is 0 Å². The summed E-state index contributed by atoms with van der Waals surface area (Å²) >= 11 is 0. The molecule has 1 radical (unpaired) electrons. The van der Waals surface area contributed by atoms with Gasteiger partial charge in [0.05, 0.1) is 0 Å². The zero-order valence-electron chi connectivity index (χ0n) is 13.1. The average Bonchev–Trinajstić information content (AvgIpc) is 2.34. The van der Waals surface area contributed by atoms with E-state index in [1.165, 1.54) is 38.5 Å². The van der Waals surface area contributed by atoms with Crippen LogP contribution in [0.3, 0.4) is 0 Å². The maximum Gasteiger partial charge on any atom is 0.119 e. The Hall–Kier alpha value is -0.980. The van der Waals surface area contributed by atoms with Crippen molar-refractivity contribution in [3.05, 3.63) is 29.3 Å². The second-order valence-corrected chi connectivity index (χ2v) is 6.52. The first kappa shape index (κ1) is 16.1. The Morgan fingerprint density at radius 3 is 2.26 bits per heavy atom. The maximum atomic E-state index is 10.1. The van der Waals surface area contributed by atoms with Crippen molar-refractivity contribution in [3.63, 3.8) is 0 Å². The first-order valence-corrected chi connectivity index (χ1v) is 7.69. The van der Waals surface area contributed by atoms with Gasteiger partial charge in [0, 0.05) is 0 Å². The molecule has 1 N–H and O–H groups in total. The number of aromatic hydroxyl groups is 1. The lowest BCUT2D eigenvalue weighted by Gasteiger charge is -2.19. The van der Waals surface area contributed by atoms with E-state index in [0.29, 0.717) is 5.75 Å². The van der Waals surface area contributed by atoms with E-state index in [-0.39, 0.29) is 5.41 Å². The van der Waals surface area contributed by atoms with E-state index in [9.17, 15) is 5.11 Å². The van der Waals surface area contributed by atoms with Gasteiger partial charge in [-0.3, -0.25) is 0 Å². The standard InChI is InChI=1S/C18H29O/c1-5-6-7-8-9-10-11-15-12-13-16(14-17(15)19)18(2,3)4/h12,14,19H,5-11H2,1-4H3. The molecule has 1 aromatic rings. The molecule has 0 saturated carbocycles. The Balaban J connectivity index is 2.43. The van der Waals surface area contributed by atoms with Crippen LogP contribution >= 0.6 is 0 Å². The number of hydrogen-bond donors (Lipinski definition) is 1. The molecule has 0 saturated heterocycles. The summed E-state index contributed by atoms with van der Waals surface area (Å²) in [6.45, 7) is 8.67. The van der Waals surface area contributed by atoms with Crippen molar-refractivity contribution in [1.29, 1.82) is 0 Å². The molecule has 1 aromatic carbocycles. The van der Waals surface area contributed by atoms with Gasteiger partial charge in [0.1, 0.15) is 5.75 Å². The largest absolute Gasteiger partial charge is 0.508 e. The van der Waals surface area contributed by atoms with Crippen LogP contribution in [-0.4, -0.2) is 5.11 Å². The predicted molar refractivity (Wildman–Crippen MR) is 82.7 cm³/mol. The third-order valence-corrected chi connectivity index (χ3v) is 3.62. The fourth-order valence-corrected chi connectivity index (χ4v) is 2.24. The van der Waals surface area contributed by atoms with E-state index in [1.807, 2.05) is 12.1 Å². The number of aryl methyl sites for hydroxylation is 1. The van der Waals surface area contributed by atoms with E-state index in [0.717, 1.165) is 17.5 Å². The second kappa shape index (κ2) is 7.57. The van der Waals surface area contributed by atoms with Crippen molar-refractivity contribution in [1.82, 2.24) is 0 Å².